The number of carbonyl (C=O) groups excluding carboxylic acids is 1. The smallest absolute Gasteiger partial charge is 0.344 e. The number of carbonyl (C=O) groups is 1. The van der Waals surface area contributed by atoms with Gasteiger partial charge < -0.3 is 9.47 Å². The van der Waals surface area contributed by atoms with Gasteiger partial charge in [-0.2, -0.15) is 0 Å². The number of methoxy groups -OCH3 is 1. The van der Waals surface area contributed by atoms with E-state index in [1.165, 1.54) is 26.2 Å². The Kier molecular flexibility index (Phi) is 4.73. The second kappa shape index (κ2) is 6.73. The molecule has 0 aliphatic heterocycles. The van der Waals surface area contributed by atoms with Crippen molar-refractivity contribution in [1.82, 2.24) is 0 Å². The SMILES string of the molecule is COc1ccc(OC(=O)c2cc([N+](=O)[O-])c(C)c([N+](=O)[O-])c2)cc1. The largest absolute Gasteiger partial charge is 0.497 e. The van der Waals surface area contributed by atoms with Crippen molar-refractivity contribution in [3.05, 3.63) is 67.8 Å². The van der Waals surface area contributed by atoms with Gasteiger partial charge in [0, 0.05) is 12.1 Å². The zero-order valence-corrected chi connectivity index (χ0v) is 12.7. The third-order valence-electron chi connectivity index (χ3n) is 3.25. The van der Waals surface area contributed by atoms with Crippen molar-refractivity contribution >= 4 is 17.3 Å². The highest BCUT2D eigenvalue weighted by molar-refractivity contribution is 5.93. The molecule has 124 valence electrons. The molecule has 0 atom stereocenters. The quantitative estimate of drug-likeness (QED) is 0.357. The summed E-state index contributed by atoms with van der Waals surface area (Å²) in [5.74, 6) is -0.213. The molecule has 0 aliphatic rings. The lowest BCUT2D eigenvalue weighted by molar-refractivity contribution is -0.395. The van der Waals surface area contributed by atoms with E-state index < -0.39 is 27.2 Å². The summed E-state index contributed by atoms with van der Waals surface area (Å²) in [6.07, 6.45) is 0. The number of rotatable bonds is 5. The fourth-order valence-corrected chi connectivity index (χ4v) is 1.99. The highest BCUT2D eigenvalue weighted by atomic mass is 16.6. The Bertz CT molecular complexity index is 780. The van der Waals surface area contributed by atoms with E-state index in [1.54, 1.807) is 12.1 Å². The van der Waals surface area contributed by atoms with Gasteiger partial charge in [0.1, 0.15) is 17.1 Å². The van der Waals surface area contributed by atoms with Crippen LogP contribution in [0.15, 0.2) is 36.4 Å². The predicted molar refractivity (Wildman–Crippen MR) is 82.4 cm³/mol. The first-order valence-corrected chi connectivity index (χ1v) is 6.63. The van der Waals surface area contributed by atoms with Crippen LogP contribution in [0.4, 0.5) is 11.4 Å². The van der Waals surface area contributed by atoms with Crippen molar-refractivity contribution in [1.29, 1.82) is 0 Å². The molecule has 0 saturated carbocycles. The number of ether oxygens (including phenoxy) is 2. The summed E-state index contributed by atoms with van der Waals surface area (Å²) in [5.41, 5.74) is -1.46. The molecule has 0 aliphatic carbocycles. The van der Waals surface area contributed by atoms with E-state index in [9.17, 15) is 25.0 Å². The topological polar surface area (TPSA) is 122 Å². The Hall–Kier alpha value is -3.49. The molecule has 9 heteroatoms. The Morgan fingerprint density at radius 3 is 1.83 bits per heavy atom. The number of benzene rings is 2. The van der Waals surface area contributed by atoms with Gasteiger partial charge >= 0.3 is 5.97 Å². The minimum absolute atomic E-state index is 0.133. The van der Waals surface area contributed by atoms with Crippen molar-refractivity contribution in [2.24, 2.45) is 0 Å². The zero-order chi connectivity index (χ0) is 17.9. The highest BCUT2D eigenvalue weighted by Gasteiger charge is 2.26. The summed E-state index contributed by atoms with van der Waals surface area (Å²) >= 11 is 0. The summed E-state index contributed by atoms with van der Waals surface area (Å²) in [5, 5.41) is 22.0. The molecule has 0 spiro atoms. The Balaban J connectivity index is 2.37. The van der Waals surface area contributed by atoms with E-state index in [1.807, 2.05) is 0 Å². The number of hydrogen-bond acceptors (Lipinski definition) is 7. The molecule has 2 aromatic rings. The van der Waals surface area contributed by atoms with E-state index in [0.717, 1.165) is 12.1 Å². The molecule has 9 nitrogen and oxygen atoms in total. The van der Waals surface area contributed by atoms with Gasteiger partial charge in [0.15, 0.2) is 0 Å². The minimum atomic E-state index is -0.939. The van der Waals surface area contributed by atoms with Crippen molar-refractivity contribution in [2.45, 2.75) is 6.92 Å². The number of hydrogen-bond donors (Lipinski definition) is 0. The van der Waals surface area contributed by atoms with E-state index in [-0.39, 0.29) is 16.9 Å². The molecule has 0 heterocycles. The van der Waals surface area contributed by atoms with Crippen molar-refractivity contribution < 1.29 is 24.1 Å². The van der Waals surface area contributed by atoms with Crippen LogP contribution in [0.3, 0.4) is 0 Å². The molecule has 0 fully saturated rings. The van der Waals surface area contributed by atoms with Crippen molar-refractivity contribution in [3.63, 3.8) is 0 Å². The van der Waals surface area contributed by atoms with E-state index in [4.69, 9.17) is 9.47 Å². The van der Waals surface area contributed by atoms with E-state index in [2.05, 4.69) is 0 Å². The lowest BCUT2D eigenvalue weighted by Gasteiger charge is -2.06. The fraction of sp³-hybridized carbons (Fsp3) is 0.133. The molecule has 2 aromatic carbocycles. The molecule has 0 unspecified atom stereocenters. The van der Waals surface area contributed by atoms with Gasteiger partial charge in [0.25, 0.3) is 11.4 Å². The third-order valence-corrected chi connectivity index (χ3v) is 3.25. The van der Waals surface area contributed by atoms with Crippen LogP contribution in [0.2, 0.25) is 0 Å². The molecule has 0 amide bonds. The number of nitro benzene ring substituents is 2. The molecule has 0 radical (unpaired) electrons. The molecular formula is C15H12N2O7. The molecule has 0 aromatic heterocycles. The summed E-state index contributed by atoms with van der Waals surface area (Å²) in [6.45, 7) is 1.24. The maximum atomic E-state index is 12.1. The third kappa shape index (κ3) is 3.46. The van der Waals surface area contributed by atoms with Gasteiger partial charge in [0.2, 0.25) is 0 Å². The fourth-order valence-electron chi connectivity index (χ4n) is 1.99. The summed E-state index contributed by atoms with van der Waals surface area (Å²) < 4.78 is 10.0. The Morgan fingerprint density at radius 1 is 0.958 bits per heavy atom. The van der Waals surface area contributed by atoms with Gasteiger partial charge in [-0.05, 0) is 31.2 Å². The lowest BCUT2D eigenvalue weighted by Crippen LogP contribution is -2.10. The van der Waals surface area contributed by atoms with E-state index >= 15 is 0 Å². The van der Waals surface area contributed by atoms with Gasteiger partial charge in [-0.1, -0.05) is 0 Å². The van der Waals surface area contributed by atoms with Gasteiger partial charge in [-0.15, -0.1) is 0 Å². The lowest BCUT2D eigenvalue weighted by atomic mass is 10.1. The summed E-state index contributed by atoms with van der Waals surface area (Å²) in [7, 11) is 1.48. The zero-order valence-electron chi connectivity index (χ0n) is 12.7. The Morgan fingerprint density at radius 2 is 1.42 bits per heavy atom. The van der Waals surface area contributed by atoms with Gasteiger partial charge in [-0.25, -0.2) is 4.79 Å². The second-order valence-electron chi connectivity index (χ2n) is 4.72. The van der Waals surface area contributed by atoms with Crippen LogP contribution in [0.5, 0.6) is 11.5 Å². The summed E-state index contributed by atoms with van der Waals surface area (Å²) in [6, 6.07) is 7.95. The molecular weight excluding hydrogens is 320 g/mol. The van der Waals surface area contributed by atoms with Gasteiger partial charge in [-0.3, -0.25) is 20.2 Å². The molecule has 0 saturated heterocycles. The van der Waals surface area contributed by atoms with Crippen molar-refractivity contribution in [3.8, 4) is 11.5 Å². The first kappa shape index (κ1) is 16.9. The monoisotopic (exact) mass is 332 g/mol. The standard InChI is InChI=1S/C15H12N2O7/c1-9-13(16(19)20)7-10(8-14(9)17(21)22)15(18)24-12-5-3-11(23-2)4-6-12/h3-8H,1-2H3. The molecule has 0 N–H and O–H groups in total. The molecule has 24 heavy (non-hydrogen) atoms. The number of nitro groups is 2. The Labute approximate surface area is 135 Å². The predicted octanol–water partition coefficient (Wildman–Crippen LogP) is 3.04. The van der Waals surface area contributed by atoms with Gasteiger partial charge in [0.05, 0.1) is 22.5 Å². The van der Waals surface area contributed by atoms with Crippen LogP contribution < -0.4 is 9.47 Å². The maximum absolute atomic E-state index is 12.1. The van der Waals surface area contributed by atoms with Crippen molar-refractivity contribution in [2.75, 3.05) is 7.11 Å². The summed E-state index contributed by atoms with van der Waals surface area (Å²) in [4.78, 5) is 32.6. The normalized spacial score (nSPS) is 10.1. The number of nitrogens with zero attached hydrogens (tertiary/aromatic N) is 2. The first-order chi connectivity index (χ1) is 11.3. The minimum Gasteiger partial charge on any atom is -0.497 e. The van der Waals surface area contributed by atoms with Crippen LogP contribution in [-0.4, -0.2) is 22.9 Å². The second-order valence-corrected chi connectivity index (χ2v) is 4.72. The van der Waals surface area contributed by atoms with Crippen LogP contribution in [0, 0.1) is 27.2 Å². The van der Waals surface area contributed by atoms with Crippen LogP contribution in [-0.2, 0) is 0 Å². The maximum Gasteiger partial charge on any atom is 0.344 e. The van der Waals surface area contributed by atoms with Crippen LogP contribution in [0.1, 0.15) is 15.9 Å². The van der Waals surface area contributed by atoms with Crippen LogP contribution in [0.25, 0.3) is 0 Å². The molecule has 2 rings (SSSR count). The van der Waals surface area contributed by atoms with Crippen LogP contribution >= 0.6 is 0 Å². The highest BCUT2D eigenvalue weighted by Crippen LogP contribution is 2.30. The average Bonchev–Trinajstić information content (AvgIpc) is 2.55. The molecule has 0 bridgehead atoms. The first-order valence-electron chi connectivity index (χ1n) is 6.63. The van der Waals surface area contributed by atoms with E-state index in [0.29, 0.717) is 5.75 Å². The average molecular weight is 332 g/mol. The number of esters is 1.